The van der Waals surface area contributed by atoms with Gasteiger partial charge in [0.25, 0.3) is 5.82 Å². The maximum atomic E-state index is 12.9. The minimum absolute atomic E-state index is 0.0216. The molecule has 0 aliphatic rings. The molecule has 8 nitrogen and oxygen atoms in total. The van der Waals surface area contributed by atoms with Crippen LogP contribution >= 0.6 is 0 Å². The van der Waals surface area contributed by atoms with Gasteiger partial charge in [0.2, 0.25) is 10.0 Å². The van der Waals surface area contributed by atoms with E-state index in [1.807, 2.05) is 0 Å². The molecule has 0 atom stereocenters. The van der Waals surface area contributed by atoms with E-state index in [1.54, 1.807) is 26.0 Å². The van der Waals surface area contributed by atoms with Crippen LogP contribution in [0.2, 0.25) is 0 Å². The Hall–Kier alpha value is -2.73. The van der Waals surface area contributed by atoms with Crippen LogP contribution in [0.25, 0.3) is 5.65 Å². The molecule has 3 rings (SSSR count). The SMILES string of the molecule is CC(C)N(C)S(=O)(=O)c1ccc(CNc2ccc3nnc(C(F)(F)F)n3n2)cc1. The largest absolute Gasteiger partial charge is 0.453 e. The molecule has 2 aromatic heterocycles. The number of nitrogens with one attached hydrogen (secondary N) is 1. The second kappa shape index (κ2) is 7.59. The van der Waals surface area contributed by atoms with Gasteiger partial charge in [-0.1, -0.05) is 12.1 Å². The summed E-state index contributed by atoms with van der Waals surface area (Å²) in [6, 6.07) is 8.92. The third kappa shape index (κ3) is 4.32. The van der Waals surface area contributed by atoms with Gasteiger partial charge in [-0.3, -0.25) is 0 Å². The van der Waals surface area contributed by atoms with E-state index in [1.165, 1.54) is 35.6 Å². The van der Waals surface area contributed by atoms with Gasteiger partial charge >= 0.3 is 6.18 Å². The zero-order valence-electron chi connectivity index (χ0n) is 15.8. The normalized spacial score (nSPS) is 12.8. The van der Waals surface area contributed by atoms with E-state index < -0.39 is 22.0 Å². The molecule has 3 aromatic rings. The molecular weight excluding hydrogens is 409 g/mol. The molecule has 0 radical (unpaired) electrons. The Morgan fingerprint density at radius 1 is 1.10 bits per heavy atom. The summed E-state index contributed by atoms with van der Waals surface area (Å²) in [5.41, 5.74) is 0.713. The van der Waals surface area contributed by atoms with E-state index in [0.717, 1.165) is 5.56 Å². The molecule has 12 heteroatoms. The van der Waals surface area contributed by atoms with Crippen LogP contribution in [0.15, 0.2) is 41.3 Å². The van der Waals surface area contributed by atoms with Crippen molar-refractivity contribution in [3.05, 3.63) is 47.8 Å². The lowest BCUT2D eigenvalue weighted by molar-refractivity contribution is -0.146. The van der Waals surface area contributed by atoms with Crippen LogP contribution < -0.4 is 5.32 Å². The minimum Gasteiger partial charge on any atom is -0.365 e. The summed E-state index contributed by atoms with van der Waals surface area (Å²) < 4.78 is 65.7. The van der Waals surface area contributed by atoms with Gasteiger partial charge < -0.3 is 5.32 Å². The van der Waals surface area contributed by atoms with E-state index in [2.05, 4.69) is 20.6 Å². The quantitative estimate of drug-likeness (QED) is 0.649. The summed E-state index contributed by atoms with van der Waals surface area (Å²) in [6.45, 7) is 3.79. The maximum Gasteiger partial charge on any atom is 0.453 e. The predicted molar refractivity (Wildman–Crippen MR) is 99.6 cm³/mol. The first kappa shape index (κ1) is 21.0. The summed E-state index contributed by atoms with van der Waals surface area (Å²) in [7, 11) is -2.07. The molecule has 0 bridgehead atoms. The second-order valence-electron chi connectivity index (χ2n) is 6.62. The van der Waals surface area contributed by atoms with E-state index in [0.29, 0.717) is 4.52 Å². The number of alkyl halides is 3. The number of sulfonamides is 1. The number of anilines is 1. The number of nitrogens with zero attached hydrogens (tertiary/aromatic N) is 5. The molecule has 1 N–H and O–H groups in total. The van der Waals surface area contributed by atoms with E-state index >= 15 is 0 Å². The zero-order chi connectivity index (χ0) is 21.4. The van der Waals surface area contributed by atoms with Gasteiger partial charge in [-0.05, 0) is 43.7 Å². The number of hydrogen-bond donors (Lipinski definition) is 1. The molecule has 0 aliphatic heterocycles. The average molecular weight is 428 g/mol. The number of hydrogen-bond acceptors (Lipinski definition) is 6. The number of benzene rings is 1. The fourth-order valence-corrected chi connectivity index (χ4v) is 3.84. The van der Waals surface area contributed by atoms with Gasteiger partial charge in [0, 0.05) is 19.6 Å². The van der Waals surface area contributed by atoms with Gasteiger partial charge in [-0.2, -0.15) is 22.0 Å². The average Bonchev–Trinajstić information content (AvgIpc) is 3.09. The van der Waals surface area contributed by atoms with E-state index in [4.69, 9.17) is 0 Å². The van der Waals surface area contributed by atoms with Gasteiger partial charge in [-0.15, -0.1) is 15.3 Å². The monoisotopic (exact) mass is 428 g/mol. The van der Waals surface area contributed by atoms with Crippen LogP contribution in [0, 0.1) is 0 Å². The maximum absolute atomic E-state index is 12.9. The van der Waals surface area contributed by atoms with Crippen molar-refractivity contribution in [3.63, 3.8) is 0 Å². The van der Waals surface area contributed by atoms with Crippen LogP contribution in [0.5, 0.6) is 0 Å². The first-order valence-corrected chi connectivity index (χ1v) is 10.0. The molecular formula is C17H19F3N6O2S. The van der Waals surface area contributed by atoms with Crippen molar-refractivity contribution in [2.24, 2.45) is 0 Å². The Morgan fingerprint density at radius 2 is 1.76 bits per heavy atom. The Bertz CT molecular complexity index is 1110. The van der Waals surface area contributed by atoms with E-state index in [9.17, 15) is 21.6 Å². The van der Waals surface area contributed by atoms with Gasteiger partial charge in [-0.25, -0.2) is 8.42 Å². The summed E-state index contributed by atoms with van der Waals surface area (Å²) in [6.07, 6.45) is -4.67. The van der Waals surface area contributed by atoms with Crippen LogP contribution in [-0.2, 0) is 22.7 Å². The summed E-state index contributed by atoms with van der Waals surface area (Å²) in [5, 5.41) is 13.3. The summed E-state index contributed by atoms with van der Waals surface area (Å²) in [5.74, 6) is -1.01. The van der Waals surface area contributed by atoms with Crippen LogP contribution in [0.1, 0.15) is 25.2 Å². The first-order valence-electron chi connectivity index (χ1n) is 8.60. The van der Waals surface area contributed by atoms with E-state index in [-0.39, 0.29) is 28.9 Å². The summed E-state index contributed by atoms with van der Waals surface area (Å²) >= 11 is 0. The smallest absolute Gasteiger partial charge is 0.365 e. The minimum atomic E-state index is -4.67. The van der Waals surface area contributed by atoms with Crippen molar-refractivity contribution in [3.8, 4) is 0 Å². The number of aromatic nitrogens is 4. The van der Waals surface area contributed by atoms with Gasteiger partial charge in [0.05, 0.1) is 4.90 Å². The van der Waals surface area contributed by atoms with Crippen molar-refractivity contribution in [1.82, 2.24) is 24.1 Å². The highest BCUT2D eigenvalue weighted by atomic mass is 32.2. The Labute approximate surface area is 165 Å². The molecule has 156 valence electrons. The fourth-order valence-electron chi connectivity index (χ4n) is 2.48. The topological polar surface area (TPSA) is 92.5 Å². The highest BCUT2D eigenvalue weighted by molar-refractivity contribution is 7.89. The molecule has 0 spiro atoms. The molecule has 29 heavy (non-hydrogen) atoms. The van der Waals surface area contributed by atoms with Crippen molar-refractivity contribution in [2.45, 2.75) is 37.5 Å². The first-order chi connectivity index (χ1) is 13.5. The fraction of sp³-hybridized carbons (Fsp3) is 0.353. The zero-order valence-corrected chi connectivity index (χ0v) is 16.7. The summed E-state index contributed by atoms with van der Waals surface area (Å²) in [4.78, 5) is 0.163. The van der Waals surface area contributed by atoms with Crippen molar-refractivity contribution in [2.75, 3.05) is 12.4 Å². The lowest BCUT2D eigenvalue weighted by Gasteiger charge is -2.21. The molecule has 0 amide bonds. The van der Waals surface area contributed by atoms with Crippen molar-refractivity contribution < 1.29 is 21.6 Å². The Kier molecular flexibility index (Phi) is 5.50. The number of fused-ring (bicyclic) bond motifs is 1. The van der Waals surface area contributed by atoms with Gasteiger partial charge in [0.15, 0.2) is 5.65 Å². The highest BCUT2D eigenvalue weighted by Crippen LogP contribution is 2.27. The Balaban J connectivity index is 1.75. The third-order valence-electron chi connectivity index (χ3n) is 4.32. The molecule has 1 aromatic carbocycles. The number of halogens is 3. The molecule has 0 aliphatic carbocycles. The third-order valence-corrected chi connectivity index (χ3v) is 6.37. The number of rotatable bonds is 6. The van der Waals surface area contributed by atoms with Crippen LogP contribution in [-0.4, -0.2) is 45.6 Å². The van der Waals surface area contributed by atoms with Crippen LogP contribution in [0.3, 0.4) is 0 Å². The standard InChI is InChI=1S/C17H19F3N6O2S/c1-11(2)25(3)29(27,28)13-6-4-12(5-7-13)10-21-14-8-9-15-22-23-16(17(18,19)20)26(15)24-14/h4-9,11H,10H2,1-3H3,(H,21,24). The van der Waals surface area contributed by atoms with Crippen LogP contribution in [0.4, 0.5) is 19.0 Å². The molecule has 0 unspecified atom stereocenters. The second-order valence-corrected chi connectivity index (χ2v) is 8.62. The molecule has 2 heterocycles. The van der Waals surface area contributed by atoms with Crippen molar-refractivity contribution in [1.29, 1.82) is 0 Å². The lowest BCUT2D eigenvalue weighted by atomic mass is 10.2. The lowest BCUT2D eigenvalue weighted by Crippen LogP contribution is -2.33. The van der Waals surface area contributed by atoms with Crippen molar-refractivity contribution >= 4 is 21.5 Å². The molecule has 0 saturated carbocycles. The highest BCUT2D eigenvalue weighted by Gasteiger charge is 2.37. The molecule has 0 saturated heterocycles. The van der Waals surface area contributed by atoms with Gasteiger partial charge in [0.1, 0.15) is 5.82 Å². The predicted octanol–water partition coefficient (Wildman–Crippen LogP) is 2.78. The Morgan fingerprint density at radius 3 is 2.34 bits per heavy atom. The molecule has 0 fully saturated rings.